The Hall–Kier alpha value is -0.630. The van der Waals surface area contributed by atoms with E-state index in [1.165, 1.54) is 12.1 Å². The van der Waals surface area contributed by atoms with Crippen molar-refractivity contribution < 1.29 is 8.78 Å². The molecule has 1 rings (SSSR count). The Morgan fingerprint density at radius 1 is 1.13 bits per heavy atom. The zero-order valence-corrected chi connectivity index (χ0v) is 9.69. The molecule has 0 heterocycles. The summed E-state index contributed by atoms with van der Waals surface area (Å²) in [7, 11) is 0. The molecule has 0 spiro atoms. The Bertz CT molecular complexity index is 323. The topological polar surface area (TPSA) is 0 Å². The molecule has 1 atom stereocenters. The van der Waals surface area contributed by atoms with Gasteiger partial charge < -0.3 is 0 Å². The van der Waals surface area contributed by atoms with Gasteiger partial charge in [-0.25, -0.2) is 8.78 Å². The predicted octanol–water partition coefficient (Wildman–Crippen LogP) is 4.68. The summed E-state index contributed by atoms with van der Waals surface area (Å²) in [5.74, 6) is -1.09. The first-order valence-corrected chi connectivity index (χ1v) is 5.53. The number of halogens is 3. The maximum absolute atomic E-state index is 12.9. The van der Waals surface area contributed by atoms with E-state index in [4.69, 9.17) is 11.6 Å². The van der Waals surface area contributed by atoms with E-state index in [0.717, 1.165) is 18.9 Å². The highest BCUT2D eigenvalue weighted by molar-refractivity contribution is 6.20. The van der Waals surface area contributed by atoms with Crippen LogP contribution in [0.1, 0.15) is 37.6 Å². The van der Waals surface area contributed by atoms with Crippen molar-refractivity contribution in [1.29, 1.82) is 0 Å². The molecule has 1 aromatic rings. The smallest absolute Gasteiger partial charge is 0.159 e. The Kier molecular flexibility index (Phi) is 4.52. The number of benzene rings is 1. The van der Waals surface area contributed by atoms with Gasteiger partial charge in [-0.1, -0.05) is 19.9 Å². The van der Waals surface area contributed by atoms with Crippen LogP contribution in [0.3, 0.4) is 0 Å². The van der Waals surface area contributed by atoms with E-state index in [2.05, 4.69) is 13.8 Å². The van der Waals surface area contributed by atoms with Crippen molar-refractivity contribution in [1.82, 2.24) is 0 Å². The van der Waals surface area contributed by atoms with Crippen LogP contribution < -0.4 is 0 Å². The molecular formula is C12H15ClF2. The molecule has 0 bridgehead atoms. The number of hydrogen-bond acceptors (Lipinski definition) is 0. The molecule has 84 valence electrons. The van der Waals surface area contributed by atoms with Crippen molar-refractivity contribution in [3.63, 3.8) is 0 Å². The van der Waals surface area contributed by atoms with Crippen LogP contribution in [0.25, 0.3) is 0 Å². The van der Waals surface area contributed by atoms with E-state index < -0.39 is 11.6 Å². The Morgan fingerprint density at radius 2 is 1.80 bits per heavy atom. The van der Waals surface area contributed by atoms with Gasteiger partial charge in [0.05, 0.1) is 5.38 Å². The van der Waals surface area contributed by atoms with E-state index >= 15 is 0 Å². The highest BCUT2D eigenvalue weighted by atomic mass is 35.5. The fourth-order valence-electron chi connectivity index (χ4n) is 1.35. The first-order valence-electron chi connectivity index (χ1n) is 5.09. The van der Waals surface area contributed by atoms with Crippen LogP contribution in [-0.4, -0.2) is 0 Å². The molecule has 0 aromatic heterocycles. The highest BCUT2D eigenvalue weighted by Gasteiger charge is 2.11. The minimum Gasteiger partial charge on any atom is -0.204 e. The average molecular weight is 233 g/mol. The van der Waals surface area contributed by atoms with E-state index in [0.29, 0.717) is 11.5 Å². The van der Waals surface area contributed by atoms with Crippen LogP contribution in [0.15, 0.2) is 18.2 Å². The lowest BCUT2D eigenvalue weighted by Gasteiger charge is -2.11. The number of alkyl halides is 1. The molecule has 0 aliphatic carbocycles. The molecular weight excluding hydrogens is 218 g/mol. The second-order valence-electron chi connectivity index (χ2n) is 4.11. The minimum absolute atomic E-state index is 0.234. The molecule has 0 aliphatic heterocycles. The zero-order valence-electron chi connectivity index (χ0n) is 8.93. The standard InChI is InChI=1S/C12H15ClF2/c1-8(2)3-5-10(13)9-4-6-11(14)12(15)7-9/h4,6-8,10H,3,5H2,1-2H3. The summed E-state index contributed by atoms with van der Waals surface area (Å²) in [5.41, 5.74) is 0.649. The van der Waals surface area contributed by atoms with Crippen molar-refractivity contribution in [2.24, 2.45) is 5.92 Å². The first kappa shape index (κ1) is 12.4. The summed E-state index contributed by atoms with van der Waals surface area (Å²) in [5, 5.41) is -0.234. The van der Waals surface area contributed by atoms with Crippen LogP contribution in [0, 0.1) is 17.6 Å². The summed E-state index contributed by atoms with van der Waals surface area (Å²) in [6.07, 6.45) is 1.76. The molecule has 0 nitrogen and oxygen atoms in total. The normalized spacial score (nSPS) is 13.2. The molecule has 3 heteroatoms. The van der Waals surface area contributed by atoms with Gasteiger partial charge in [0.25, 0.3) is 0 Å². The van der Waals surface area contributed by atoms with Crippen LogP contribution in [0.5, 0.6) is 0 Å². The maximum Gasteiger partial charge on any atom is 0.159 e. The fourth-order valence-corrected chi connectivity index (χ4v) is 1.62. The van der Waals surface area contributed by atoms with Gasteiger partial charge in [0.15, 0.2) is 11.6 Å². The van der Waals surface area contributed by atoms with Crippen molar-refractivity contribution in [3.05, 3.63) is 35.4 Å². The minimum atomic E-state index is -0.831. The van der Waals surface area contributed by atoms with Crippen molar-refractivity contribution >= 4 is 11.6 Å². The van der Waals surface area contributed by atoms with Gasteiger partial charge in [0.1, 0.15) is 0 Å². The number of rotatable bonds is 4. The molecule has 15 heavy (non-hydrogen) atoms. The van der Waals surface area contributed by atoms with Crippen LogP contribution in [0.4, 0.5) is 8.78 Å². The molecule has 0 N–H and O–H groups in total. The highest BCUT2D eigenvalue weighted by Crippen LogP contribution is 2.28. The molecule has 0 saturated heterocycles. The second kappa shape index (κ2) is 5.45. The summed E-state index contributed by atoms with van der Waals surface area (Å²) in [4.78, 5) is 0. The van der Waals surface area contributed by atoms with Gasteiger partial charge in [-0.05, 0) is 36.5 Å². The quantitative estimate of drug-likeness (QED) is 0.661. The second-order valence-corrected chi connectivity index (χ2v) is 4.64. The lowest BCUT2D eigenvalue weighted by Crippen LogP contribution is -1.96. The average Bonchev–Trinajstić information content (AvgIpc) is 2.18. The summed E-state index contributed by atoms with van der Waals surface area (Å²) in [6, 6.07) is 3.83. The molecule has 0 amide bonds. The Labute approximate surface area is 94.3 Å². The lowest BCUT2D eigenvalue weighted by molar-refractivity contribution is 0.504. The molecule has 0 aliphatic rings. The molecule has 1 aromatic carbocycles. The maximum atomic E-state index is 12.9. The van der Waals surface area contributed by atoms with Gasteiger partial charge in [-0.15, -0.1) is 11.6 Å². The molecule has 1 unspecified atom stereocenters. The number of hydrogen-bond donors (Lipinski definition) is 0. The van der Waals surface area contributed by atoms with Crippen molar-refractivity contribution in [3.8, 4) is 0 Å². The largest absolute Gasteiger partial charge is 0.204 e. The van der Waals surface area contributed by atoms with E-state index in [1.54, 1.807) is 0 Å². The van der Waals surface area contributed by atoms with Crippen LogP contribution in [0.2, 0.25) is 0 Å². The molecule has 0 fully saturated rings. The zero-order chi connectivity index (χ0) is 11.4. The summed E-state index contributed by atoms with van der Waals surface area (Å²) >= 11 is 6.09. The van der Waals surface area contributed by atoms with Crippen molar-refractivity contribution in [2.75, 3.05) is 0 Å². The van der Waals surface area contributed by atoms with Gasteiger partial charge >= 0.3 is 0 Å². The van der Waals surface area contributed by atoms with Gasteiger partial charge in [-0.3, -0.25) is 0 Å². The summed E-state index contributed by atoms with van der Waals surface area (Å²) < 4.78 is 25.6. The third kappa shape index (κ3) is 3.78. The van der Waals surface area contributed by atoms with E-state index in [9.17, 15) is 8.78 Å². The van der Waals surface area contributed by atoms with Crippen LogP contribution in [-0.2, 0) is 0 Å². The molecule has 0 saturated carbocycles. The lowest BCUT2D eigenvalue weighted by atomic mass is 10.0. The van der Waals surface area contributed by atoms with Crippen molar-refractivity contribution in [2.45, 2.75) is 32.1 Å². The van der Waals surface area contributed by atoms with Crippen LogP contribution >= 0.6 is 11.6 Å². The van der Waals surface area contributed by atoms with E-state index in [1.807, 2.05) is 0 Å². The van der Waals surface area contributed by atoms with Gasteiger partial charge in [-0.2, -0.15) is 0 Å². The third-order valence-electron chi connectivity index (χ3n) is 2.30. The summed E-state index contributed by atoms with van der Waals surface area (Å²) in [6.45, 7) is 4.21. The van der Waals surface area contributed by atoms with E-state index in [-0.39, 0.29) is 5.38 Å². The monoisotopic (exact) mass is 232 g/mol. The Balaban J connectivity index is 2.65. The molecule has 0 radical (unpaired) electrons. The Morgan fingerprint density at radius 3 is 2.33 bits per heavy atom. The van der Waals surface area contributed by atoms with Gasteiger partial charge in [0, 0.05) is 0 Å². The third-order valence-corrected chi connectivity index (χ3v) is 2.77. The first-order chi connectivity index (χ1) is 7.00. The fraction of sp³-hybridized carbons (Fsp3) is 0.500. The predicted molar refractivity (Wildman–Crippen MR) is 59.0 cm³/mol. The van der Waals surface area contributed by atoms with Gasteiger partial charge in [0.2, 0.25) is 0 Å². The SMILES string of the molecule is CC(C)CCC(Cl)c1ccc(F)c(F)c1.